The van der Waals surface area contributed by atoms with Crippen LogP contribution in [0.25, 0.3) is 10.8 Å². The number of rotatable bonds is 18. The number of ether oxygens (including phenoxy) is 6. The molecule has 1 aliphatic heterocycles. The van der Waals surface area contributed by atoms with Crippen molar-refractivity contribution in [1.82, 2.24) is 4.90 Å². The molecule has 4 aromatic rings. The number of piperidine rings is 1. The molecular weight excluding hydrogens is 667 g/mol. The van der Waals surface area contributed by atoms with E-state index in [1.165, 1.54) is 4.90 Å². The third-order valence-electron chi connectivity index (χ3n) is 9.02. The number of benzene rings is 4. The Balaban J connectivity index is 1.16. The summed E-state index contributed by atoms with van der Waals surface area (Å²) in [6.07, 6.45) is 0.0354. The van der Waals surface area contributed by atoms with E-state index in [0.29, 0.717) is 57.3 Å². The van der Waals surface area contributed by atoms with Crippen LogP contribution in [-0.4, -0.2) is 81.9 Å². The van der Waals surface area contributed by atoms with Crippen LogP contribution < -0.4 is 14.2 Å². The molecule has 0 radical (unpaired) electrons. The second kappa shape index (κ2) is 17.9. The number of methoxy groups -OCH3 is 1. The first-order valence-corrected chi connectivity index (χ1v) is 21.2. The Kier molecular flexibility index (Phi) is 13.4. The maximum absolute atomic E-state index is 11.9. The molecule has 1 amide bonds. The van der Waals surface area contributed by atoms with Gasteiger partial charge in [-0.3, -0.25) is 0 Å². The molecule has 5 rings (SSSR count). The number of carbonyl (C=O) groups is 1. The SMILES string of the molecule is COc1ccccc1COCCCOc1ccc([C@H]2CCN(C(=O)O)C[C@]2(O)OCc2ccc3ccc(OCOCC[Si](C)(C)C)cc3c2)cc1. The lowest BCUT2D eigenvalue weighted by Gasteiger charge is -2.43. The molecule has 0 saturated carbocycles. The smallest absolute Gasteiger partial charge is 0.407 e. The Morgan fingerprint density at radius 2 is 1.63 bits per heavy atom. The Bertz CT molecular complexity index is 1710. The number of β-amino-alcohol motifs (C(OH)–C–C–N with tert-alkyl or cyclic N) is 1. The van der Waals surface area contributed by atoms with Crippen molar-refractivity contribution >= 4 is 24.9 Å². The van der Waals surface area contributed by atoms with E-state index in [1.807, 2.05) is 84.9 Å². The van der Waals surface area contributed by atoms with Crippen LogP contribution in [0.2, 0.25) is 25.7 Å². The van der Waals surface area contributed by atoms with Gasteiger partial charge >= 0.3 is 6.09 Å². The number of fused-ring (bicyclic) bond motifs is 1. The molecule has 11 heteroatoms. The van der Waals surface area contributed by atoms with Crippen molar-refractivity contribution in [3.05, 3.63) is 102 Å². The van der Waals surface area contributed by atoms with E-state index in [4.69, 9.17) is 28.4 Å². The fourth-order valence-electron chi connectivity index (χ4n) is 6.07. The summed E-state index contributed by atoms with van der Waals surface area (Å²) in [4.78, 5) is 13.1. The minimum Gasteiger partial charge on any atom is -0.496 e. The summed E-state index contributed by atoms with van der Waals surface area (Å²) in [6, 6.07) is 28.3. The van der Waals surface area contributed by atoms with Gasteiger partial charge in [0.1, 0.15) is 17.2 Å². The zero-order valence-corrected chi connectivity index (χ0v) is 31.1. The molecule has 1 heterocycles. The van der Waals surface area contributed by atoms with Crippen LogP contribution in [0.1, 0.15) is 35.4 Å². The molecule has 51 heavy (non-hydrogen) atoms. The van der Waals surface area contributed by atoms with Gasteiger partial charge in [-0.1, -0.05) is 68.2 Å². The van der Waals surface area contributed by atoms with Crippen molar-refractivity contribution in [2.24, 2.45) is 0 Å². The fourth-order valence-corrected chi connectivity index (χ4v) is 6.83. The minimum atomic E-state index is -1.73. The quantitative estimate of drug-likeness (QED) is 0.0602. The van der Waals surface area contributed by atoms with Crippen LogP contribution in [0, 0.1) is 0 Å². The predicted octanol–water partition coefficient (Wildman–Crippen LogP) is 7.90. The van der Waals surface area contributed by atoms with Gasteiger partial charge < -0.3 is 43.5 Å². The van der Waals surface area contributed by atoms with E-state index in [-0.39, 0.29) is 19.9 Å². The third-order valence-corrected chi connectivity index (χ3v) is 10.7. The van der Waals surface area contributed by atoms with Gasteiger partial charge in [-0.05, 0) is 70.8 Å². The zero-order valence-electron chi connectivity index (χ0n) is 30.1. The molecule has 0 spiro atoms. The second-order valence-corrected chi connectivity index (χ2v) is 19.8. The number of likely N-dealkylation sites (tertiary alicyclic amines) is 1. The lowest BCUT2D eigenvalue weighted by Crippen LogP contribution is -2.55. The number of carboxylic acid groups (broad SMARTS) is 1. The van der Waals surface area contributed by atoms with E-state index >= 15 is 0 Å². The Morgan fingerprint density at radius 3 is 2.39 bits per heavy atom. The monoisotopic (exact) mass is 717 g/mol. The maximum atomic E-state index is 11.9. The van der Waals surface area contributed by atoms with Gasteiger partial charge in [0.2, 0.25) is 0 Å². The number of hydrogen-bond donors (Lipinski definition) is 2. The number of amides is 1. The molecule has 4 aromatic carbocycles. The number of nitrogens with zero attached hydrogens (tertiary/aromatic N) is 1. The molecule has 0 unspecified atom stereocenters. The van der Waals surface area contributed by atoms with Gasteiger partial charge in [-0.2, -0.15) is 0 Å². The molecular formula is C40H51NO9Si. The summed E-state index contributed by atoms with van der Waals surface area (Å²) in [6.45, 7) is 9.56. The summed E-state index contributed by atoms with van der Waals surface area (Å²) < 4.78 is 34.9. The average Bonchev–Trinajstić information content (AvgIpc) is 3.12. The largest absolute Gasteiger partial charge is 0.496 e. The summed E-state index contributed by atoms with van der Waals surface area (Å²) >= 11 is 0. The van der Waals surface area contributed by atoms with Crippen LogP contribution in [0.4, 0.5) is 4.79 Å². The lowest BCUT2D eigenvalue weighted by atomic mass is 9.84. The molecule has 274 valence electrons. The topological polar surface area (TPSA) is 116 Å². The first kappa shape index (κ1) is 38.1. The van der Waals surface area contributed by atoms with Gasteiger partial charge in [0.15, 0.2) is 12.6 Å². The highest BCUT2D eigenvalue weighted by atomic mass is 28.3. The molecule has 10 nitrogen and oxygen atoms in total. The highest BCUT2D eigenvalue weighted by Gasteiger charge is 2.45. The zero-order chi connectivity index (χ0) is 36.3. The highest BCUT2D eigenvalue weighted by molar-refractivity contribution is 6.76. The second-order valence-electron chi connectivity index (χ2n) is 14.1. The first-order valence-electron chi connectivity index (χ1n) is 17.5. The highest BCUT2D eigenvalue weighted by Crippen LogP contribution is 2.39. The van der Waals surface area contributed by atoms with Crippen molar-refractivity contribution in [2.45, 2.75) is 63.4 Å². The molecule has 0 bridgehead atoms. The molecule has 2 atom stereocenters. The standard InChI is InChI=1S/C40H51NO9Si/c1-45-38-9-6-5-8-33(38)27-46-20-7-21-48-35-15-13-32(14-16-35)37-18-19-41(39(42)43)28-40(37,44)50-26-30-10-11-31-12-17-36(25-34(31)24-30)49-29-47-22-23-51(2,3)4/h5-6,8-17,24-25,37,44H,7,18-23,26-29H2,1-4H3,(H,42,43)/t37-,40+/m1/s1. The summed E-state index contributed by atoms with van der Waals surface area (Å²) in [5, 5.41) is 23.7. The molecule has 0 aliphatic carbocycles. The van der Waals surface area contributed by atoms with Crippen molar-refractivity contribution in [1.29, 1.82) is 0 Å². The summed E-state index contributed by atoms with van der Waals surface area (Å²) in [5.41, 5.74) is 2.70. The molecule has 1 fully saturated rings. The van der Waals surface area contributed by atoms with Gasteiger partial charge in [0.25, 0.3) is 0 Å². The normalized spacial score (nSPS) is 17.7. The lowest BCUT2D eigenvalue weighted by molar-refractivity contribution is -0.244. The van der Waals surface area contributed by atoms with Gasteiger partial charge in [0.05, 0.1) is 40.1 Å². The number of aliphatic hydroxyl groups is 1. The van der Waals surface area contributed by atoms with E-state index in [2.05, 4.69) is 19.6 Å². The summed E-state index contributed by atoms with van der Waals surface area (Å²) in [7, 11) is 0.487. The van der Waals surface area contributed by atoms with Crippen LogP contribution in [0.15, 0.2) is 84.9 Å². The van der Waals surface area contributed by atoms with Crippen LogP contribution in [0.3, 0.4) is 0 Å². The minimum absolute atomic E-state index is 0.0988. The first-order chi connectivity index (χ1) is 24.5. The number of hydrogen-bond acceptors (Lipinski definition) is 8. The van der Waals surface area contributed by atoms with E-state index in [1.54, 1.807) is 7.11 Å². The molecule has 1 saturated heterocycles. The molecule has 2 N–H and O–H groups in total. The van der Waals surface area contributed by atoms with Gasteiger partial charge in [-0.15, -0.1) is 0 Å². The summed E-state index contributed by atoms with van der Waals surface area (Å²) in [5.74, 6) is 0.0509. The Morgan fingerprint density at radius 1 is 0.863 bits per heavy atom. The fraction of sp³-hybridized carbons (Fsp3) is 0.425. The van der Waals surface area contributed by atoms with Gasteiger partial charge in [0, 0.05) is 39.1 Å². The number of para-hydroxylation sites is 1. The van der Waals surface area contributed by atoms with Crippen LogP contribution in [0.5, 0.6) is 17.2 Å². The van der Waals surface area contributed by atoms with Crippen molar-refractivity contribution < 1.29 is 43.4 Å². The van der Waals surface area contributed by atoms with E-state index in [0.717, 1.165) is 39.3 Å². The van der Waals surface area contributed by atoms with E-state index in [9.17, 15) is 15.0 Å². The van der Waals surface area contributed by atoms with E-state index < -0.39 is 25.9 Å². The Labute approximate surface area is 301 Å². The predicted molar refractivity (Wildman–Crippen MR) is 199 cm³/mol. The molecule has 1 aliphatic rings. The average molecular weight is 718 g/mol. The van der Waals surface area contributed by atoms with Gasteiger partial charge in [-0.25, -0.2) is 4.79 Å². The maximum Gasteiger partial charge on any atom is 0.407 e. The van der Waals surface area contributed by atoms with Crippen molar-refractivity contribution in [2.75, 3.05) is 46.8 Å². The van der Waals surface area contributed by atoms with Crippen LogP contribution >= 0.6 is 0 Å². The van der Waals surface area contributed by atoms with Crippen molar-refractivity contribution in [3.8, 4) is 17.2 Å². The Hall–Kier alpha value is -4.13. The third kappa shape index (κ3) is 11.2. The van der Waals surface area contributed by atoms with Crippen LogP contribution in [-0.2, 0) is 27.4 Å². The van der Waals surface area contributed by atoms with Crippen molar-refractivity contribution in [3.63, 3.8) is 0 Å². The molecule has 0 aromatic heterocycles.